The number of nitrogens with zero attached hydrogens (tertiary/aromatic N) is 8. The molecule has 41 heavy (non-hydrogen) atoms. The van der Waals surface area contributed by atoms with Gasteiger partial charge in [-0.15, -0.1) is 0 Å². The maximum Gasteiger partial charge on any atom is 0.333 e. The molecule has 0 spiro atoms. The minimum absolute atomic E-state index is 0.430. The molecule has 206 valence electrons. The van der Waals surface area contributed by atoms with Crippen LogP contribution in [0.1, 0.15) is 36.6 Å². The molecule has 3 saturated heterocycles. The molecule has 0 radical (unpaired) electrons. The Balaban J connectivity index is 1.13. The van der Waals surface area contributed by atoms with Crippen LogP contribution in [-0.2, 0) is 13.0 Å². The third kappa shape index (κ3) is 4.52. The van der Waals surface area contributed by atoms with E-state index in [2.05, 4.69) is 57.3 Å². The second-order valence-electron chi connectivity index (χ2n) is 10.8. The van der Waals surface area contributed by atoms with Crippen LogP contribution in [0.2, 0.25) is 0 Å². The summed E-state index contributed by atoms with van der Waals surface area (Å²) in [4.78, 5) is 9.77. The SMILES string of the molecule is CCc1ccc(CN2C3CC2CN(c2ccc(-c4cc(-c5cnn(C(F)F)c5)cn5ncc(C#N)c45)cn2)C3)cc1. The molecular weight excluding hydrogens is 522 g/mol. The highest BCUT2D eigenvalue weighted by Crippen LogP contribution is 2.37. The summed E-state index contributed by atoms with van der Waals surface area (Å²) in [7, 11) is 0. The predicted molar refractivity (Wildman–Crippen MR) is 151 cm³/mol. The fraction of sp³-hybridized carbons (Fsp3) is 0.290. The van der Waals surface area contributed by atoms with Crippen molar-refractivity contribution in [2.24, 2.45) is 0 Å². The highest BCUT2D eigenvalue weighted by atomic mass is 19.3. The topological polar surface area (TPSA) is 78.3 Å². The zero-order valence-electron chi connectivity index (χ0n) is 22.5. The number of hydrogen-bond donors (Lipinski definition) is 0. The molecule has 5 aromatic rings. The summed E-state index contributed by atoms with van der Waals surface area (Å²) < 4.78 is 28.5. The number of piperazine rings is 1. The van der Waals surface area contributed by atoms with Gasteiger partial charge in [0.05, 0.1) is 23.5 Å². The van der Waals surface area contributed by atoms with E-state index in [4.69, 9.17) is 4.98 Å². The normalized spacial score (nSPS) is 18.6. The number of fused-ring (bicyclic) bond motifs is 3. The first-order valence-corrected chi connectivity index (χ1v) is 13.8. The molecule has 2 bridgehead atoms. The largest absolute Gasteiger partial charge is 0.353 e. The van der Waals surface area contributed by atoms with Gasteiger partial charge in [-0.25, -0.2) is 14.2 Å². The van der Waals surface area contributed by atoms with Gasteiger partial charge >= 0.3 is 6.55 Å². The zero-order chi connectivity index (χ0) is 28.1. The summed E-state index contributed by atoms with van der Waals surface area (Å²) in [6.07, 6.45) is 10.0. The van der Waals surface area contributed by atoms with Crippen LogP contribution in [0.3, 0.4) is 0 Å². The lowest BCUT2D eigenvalue weighted by molar-refractivity contribution is -0.00868. The summed E-state index contributed by atoms with van der Waals surface area (Å²) in [5, 5.41) is 17.8. The van der Waals surface area contributed by atoms with E-state index in [1.807, 2.05) is 24.4 Å². The van der Waals surface area contributed by atoms with Crippen LogP contribution >= 0.6 is 0 Å². The Labute approximate surface area is 236 Å². The second kappa shape index (κ2) is 10.1. The maximum absolute atomic E-state index is 13.1. The quantitative estimate of drug-likeness (QED) is 0.264. The van der Waals surface area contributed by atoms with Crippen molar-refractivity contribution in [1.29, 1.82) is 5.26 Å². The van der Waals surface area contributed by atoms with Crippen LogP contribution < -0.4 is 4.90 Å². The van der Waals surface area contributed by atoms with Crippen LogP contribution in [0.15, 0.2) is 73.4 Å². The number of pyridine rings is 2. The molecule has 8 nitrogen and oxygen atoms in total. The van der Waals surface area contributed by atoms with Crippen LogP contribution in [0, 0.1) is 11.3 Å². The van der Waals surface area contributed by atoms with Crippen LogP contribution in [0.4, 0.5) is 14.6 Å². The van der Waals surface area contributed by atoms with Crippen LogP contribution in [0.5, 0.6) is 0 Å². The summed E-state index contributed by atoms with van der Waals surface area (Å²) in [6, 6.07) is 18.1. The third-order valence-electron chi connectivity index (χ3n) is 8.39. The second-order valence-corrected chi connectivity index (χ2v) is 10.8. The van der Waals surface area contributed by atoms with E-state index in [0.29, 0.717) is 39.0 Å². The van der Waals surface area contributed by atoms with Gasteiger partial charge in [0.2, 0.25) is 0 Å². The number of aryl methyl sites for hydroxylation is 1. The van der Waals surface area contributed by atoms with Gasteiger partial charge < -0.3 is 4.90 Å². The zero-order valence-corrected chi connectivity index (χ0v) is 22.5. The number of halogens is 2. The van der Waals surface area contributed by atoms with Crippen molar-refractivity contribution >= 4 is 11.3 Å². The Morgan fingerprint density at radius 3 is 2.37 bits per heavy atom. The van der Waals surface area contributed by atoms with Crippen molar-refractivity contribution < 1.29 is 8.78 Å². The minimum Gasteiger partial charge on any atom is -0.353 e. The molecule has 7 heterocycles. The van der Waals surface area contributed by atoms with Gasteiger partial charge in [0.25, 0.3) is 0 Å². The Hall–Kier alpha value is -4.62. The number of piperidine rings is 1. The molecule has 1 aromatic carbocycles. The summed E-state index contributed by atoms with van der Waals surface area (Å²) in [6.45, 7) is 2.31. The first-order valence-electron chi connectivity index (χ1n) is 13.8. The Bertz CT molecular complexity index is 1740. The number of alkyl halides is 2. The standard InChI is InChI=1S/C31H28F2N8/c1-2-20-3-5-21(6-4-20)15-39-26-10-27(39)19-38(18-26)29-8-7-22(12-35-29)28-9-23(25-14-37-41(17-25)31(32)33)16-40-30(28)24(11-34)13-36-40/h3-9,12-14,16-17,26-27,31H,2,10,15,18-19H2,1H3. The van der Waals surface area contributed by atoms with Gasteiger partial charge in [-0.2, -0.15) is 24.2 Å². The predicted octanol–water partition coefficient (Wildman–Crippen LogP) is 5.55. The maximum atomic E-state index is 13.1. The Kier molecular flexibility index (Phi) is 6.24. The van der Waals surface area contributed by atoms with Gasteiger partial charge in [0.15, 0.2) is 0 Å². The van der Waals surface area contributed by atoms with Gasteiger partial charge in [-0.05, 0) is 42.2 Å². The molecule has 2 unspecified atom stereocenters. The first kappa shape index (κ1) is 25.4. The smallest absolute Gasteiger partial charge is 0.333 e. The Morgan fingerprint density at radius 2 is 1.71 bits per heavy atom. The number of rotatable bonds is 7. The number of hydrogen-bond acceptors (Lipinski definition) is 6. The molecule has 8 rings (SSSR count). The van der Waals surface area contributed by atoms with Crippen molar-refractivity contribution in [2.45, 2.75) is 44.9 Å². The molecule has 3 aliphatic rings. The lowest BCUT2D eigenvalue weighted by atomic mass is 9.86. The highest BCUT2D eigenvalue weighted by Gasteiger charge is 2.44. The van der Waals surface area contributed by atoms with Gasteiger partial charge in [-0.3, -0.25) is 4.90 Å². The van der Waals surface area contributed by atoms with Gasteiger partial charge in [-0.1, -0.05) is 31.2 Å². The molecule has 0 saturated carbocycles. The average Bonchev–Trinajstić information content (AvgIpc) is 3.68. The molecule has 0 amide bonds. The van der Waals surface area contributed by atoms with Crippen molar-refractivity contribution in [2.75, 3.05) is 18.0 Å². The van der Waals surface area contributed by atoms with E-state index in [9.17, 15) is 14.0 Å². The molecule has 10 heteroatoms. The van der Waals surface area contributed by atoms with E-state index < -0.39 is 6.55 Å². The summed E-state index contributed by atoms with van der Waals surface area (Å²) >= 11 is 0. The van der Waals surface area contributed by atoms with Crippen LogP contribution in [0.25, 0.3) is 27.8 Å². The van der Waals surface area contributed by atoms with E-state index in [0.717, 1.165) is 43.0 Å². The van der Waals surface area contributed by atoms with E-state index >= 15 is 0 Å². The van der Waals surface area contributed by atoms with Crippen LogP contribution in [-0.4, -0.2) is 54.5 Å². The monoisotopic (exact) mass is 550 g/mol. The van der Waals surface area contributed by atoms with Crippen molar-refractivity contribution in [3.63, 3.8) is 0 Å². The molecule has 2 atom stereocenters. The molecule has 4 aromatic heterocycles. The van der Waals surface area contributed by atoms with Crippen molar-refractivity contribution in [3.8, 4) is 28.3 Å². The summed E-state index contributed by atoms with van der Waals surface area (Å²) in [5.74, 6) is 0.926. The molecule has 3 aliphatic heterocycles. The minimum atomic E-state index is -2.72. The van der Waals surface area contributed by atoms with E-state index in [1.54, 1.807) is 10.7 Å². The fourth-order valence-electron chi connectivity index (χ4n) is 6.13. The van der Waals surface area contributed by atoms with Crippen molar-refractivity contribution in [3.05, 3.63) is 90.1 Å². The number of aromatic nitrogens is 5. The number of anilines is 1. The molecular formula is C31H28F2N8. The Morgan fingerprint density at radius 1 is 0.927 bits per heavy atom. The van der Waals surface area contributed by atoms with Gasteiger partial charge in [0.1, 0.15) is 11.9 Å². The third-order valence-corrected chi connectivity index (χ3v) is 8.39. The van der Waals surface area contributed by atoms with Crippen molar-refractivity contribution in [1.82, 2.24) is 29.3 Å². The molecule has 0 aliphatic carbocycles. The number of benzene rings is 1. The molecule has 3 fully saturated rings. The lowest BCUT2D eigenvalue weighted by Crippen LogP contribution is -2.68. The molecule has 0 N–H and O–H groups in total. The summed E-state index contributed by atoms with van der Waals surface area (Å²) in [5.41, 5.74) is 6.57. The fourth-order valence-corrected chi connectivity index (χ4v) is 6.13. The average molecular weight is 551 g/mol. The number of nitriles is 1. The van der Waals surface area contributed by atoms with E-state index in [-0.39, 0.29) is 0 Å². The first-order chi connectivity index (χ1) is 20.0. The van der Waals surface area contributed by atoms with Gasteiger partial charge in [0, 0.05) is 72.6 Å². The van der Waals surface area contributed by atoms with E-state index in [1.165, 1.54) is 36.1 Å². The highest BCUT2D eigenvalue weighted by molar-refractivity contribution is 5.87. The lowest BCUT2D eigenvalue weighted by Gasteiger charge is -2.56.